The summed E-state index contributed by atoms with van der Waals surface area (Å²) in [4.78, 5) is 11.8. The van der Waals surface area contributed by atoms with Gasteiger partial charge in [-0.2, -0.15) is 0 Å². The Morgan fingerprint density at radius 2 is 2.29 bits per heavy atom. The summed E-state index contributed by atoms with van der Waals surface area (Å²) in [6.45, 7) is 0. The first-order valence-electron chi connectivity index (χ1n) is 4.80. The largest absolute Gasteiger partial charge is 0.504 e. The second-order valence-electron chi connectivity index (χ2n) is 3.20. The second kappa shape index (κ2) is 4.56. The molecule has 0 radical (unpaired) electrons. The summed E-state index contributed by atoms with van der Waals surface area (Å²) in [7, 11) is 1.41. The van der Waals surface area contributed by atoms with Crippen LogP contribution in [-0.2, 0) is 0 Å². The molecule has 0 spiro atoms. The zero-order chi connectivity index (χ0) is 12.3. The van der Waals surface area contributed by atoms with Crippen LogP contribution in [0.25, 0.3) is 0 Å². The quantitative estimate of drug-likeness (QED) is 0.843. The van der Waals surface area contributed by atoms with Gasteiger partial charge in [0.2, 0.25) is 0 Å². The average Bonchev–Trinajstić information content (AvgIpc) is 2.82. The Kier molecular flexibility index (Phi) is 2.95. The molecule has 1 aromatic heterocycles. The number of phenolic OH excluding ortho intramolecular Hbond substituents is 1. The number of ether oxygens (including phenoxy) is 1. The number of para-hydroxylation sites is 1. The number of rotatable bonds is 3. The van der Waals surface area contributed by atoms with E-state index in [1.165, 1.54) is 25.5 Å². The van der Waals surface area contributed by atoms with E-state index in [2.05, 4.69) is 15.0 Å². The van der Waals surface area contributed by atoms with Gasteiger partial charge in [-0.1, -0.05) is 11.2 Å². The van der Waals surface area contributed by atoms with Crippen molar-refractivity contribution in [3.63, 3.8) is 0 Å². The van der Waals surface area contributed by atoms with Crippen LogP contribution >= 0.6 is 0 Å². The molecule has 6 nitrogen and oxygen atoms in total. The van der Waals surface area contributed by atoms with Crippen molar-refractivity contribution >= 4 is 11.7 Å². The van der Waals surface area contributed by atoms with Gasteiger partial charge in [0.05, 0.1) is 12.7 Å². The Balaban J connectivity index is 2.25. The van der Waals surface area contributed by atoms with E-state index in [1.54, 1.807) is 12.1 Å². The molecule has 17 heavy (non-hydrogen) atoms. The third-order valence-corrected chi connectivity index (χ3v) is 2.14. The summed E-state index contributed by atoms with van der Waals surface area (Å²) in [6.07, 6.45) is 1.33. The van der Waals surface area contributed by atoms with Crippen molar-refractivity contribution in [1.29, 1.82) is 0 Å². The van der Waals surface area contributed by atoms with Crippen LogP contribution in [0.4, 0.5) is 5.82 Å². The fraction of sp³-hybridized carbons (Fsp3) is 0.0909. The first-order valence-corrected chi connectivity index (χ1v) is 4.80. The molecule has 0 aliphatic heterocycles. The number of carbonyl (C=O) groups is 1. The molecule has 88 valence electrons. The lowest BCUT2D eigenvalue weighted by Crippen LogP contribution is -2.12. The third-order valence-electron chi connectivity index (χ3n) is 2.14. The zero-order valence-corrected chi connectivity index (χ0v) is 9.01. The van der Waals surface area contributed by atoms with Crippen molar-refractivity contribution in [1.82, 2.24) is 5.16 Å². The number of benzene rings is 1. The lowest BCUT2D eigenvalue weighted by atomic mass is 10.1. The predicted octanol–water partition coefficient (Wildman–Crippen LogP) is 1.64. The molecule has 2 rings (SSSR count). The second-order valence-corrected chi connectivity index (χ2v) is 3.20. The van der Waals surface area contributed by atoms with Gasteiger partial charge in [-0.3, -0.25) is 4.79 Å². The van der Waals surface area contributed by atoms with E-state index in [4.69, 9.17) is 4.74 Å². The summed E-state index contributed by atoms with van der Waals surface area (Å²) in [5.74, 6) is -0.193. The molecule has 0 bridgehead atoms. The van der Waals surface area contributed by atoms with E-state index in [0.717, 1.165) is 0 Å². The predicted molar refractivity (Wildman–Crippen MR) is 59.1 cm³/mol. The van der Waals surface area contributed by atoms with Crippen molar-refractivity contribution in [2.45, 2.75) is 0 Å². The average molecular weight is 234 g/mol. The van der Waals surface area contributed by atoms with Gasteiger partial charge >= 0.3 is 0 Å². The molecule has 0 saturated heterocycles. The zero-order valence-electron chi connectivity index (χ0n) is 9.01. The van der Waals surface area contributed by atoms with Gasteiger partial charge < -0.3 is 19.7 Å². The van der Waals surface area contributed by atoms with Crippen LogP contribution in [0.3, 0.4) is 0 Å². The number of phenols is 1. The molecule has 1 aromatic carbocycles. The topological polar surface area (TPSA) is 84.6 Å². The molecule has 0 saturated carbocycles. The van der Waals surface area contributed by atoms with Crippen LogP contribution in [-0.4, -0.2) is 23.3 Å². The van der Waals surface area contributed by atoms with Crippen molar-refractivity contribution in [2.75, 3.05) is 12.4 Å². The molecule has 0 aliphatic rings. The number of nitrogens with zero attached hydrogens (tertiary/aromatic N) is 1. The maximum absolute atomic E-state index is 11.8. The van der Waals surface area contributed by atoms with Gasteiger partial charge in [0.15, 0.2) is 17.3 Å². The molecule has 1 amide bonds. The summed E-state index contributed by atoms with van der Waals surface area (Å²) in [6, 6.07) is 6.14. The van der Waals surface area contributed by atoms with Gasteiger partial charge in [-0.25, -0.2) is 0 Å². The molecule has 6 heteroatoms. The lowest BCUT2D eigenvalue weighted by molar-refractivity contribution is 0.102. The van der Waals surface area contributed by atoms with E-state index in [1.807, 2.05) is 0 Å². The first-order chi connectivity index (χ1) is 8.22. The summed E-state index contributed by atoms with van der Waals surface area (Å²) in [5, 5.41) is 15.8. The number of anilines is 1. The number of hydrogen-bond acceptors (Lipinski definition) is 5. The minimum atomic E-state index is -0.490. The lowest BCUT2D eigenvalue weighted by Gasteiger charge is -2.07. The van der Waals surface area contributed by atoms with E-state index in [9.17, 15) is 9.90 Å². The third kappa shape index (κ3) is 2.20. The number of aromatic hydroxyl groups is 1. The standard InChI is InChI=1S/C11H10N2O4/c1-16-8-4-2-3-7(10(8)14)11(15)12-9-5-6-17-13-9/h2-6,14H,1H3,(H,12,13,15). The van der Waals surface area contributed by atoms with Gasteiger partial charge in [-0.15, -0.1) is 0 Å². The smallest absolute Gasteiger partial charge is 0.260 e. The molecule has 2 N–H and O–H groups in total. The number of nitrogens with one attached hydrogen (secondary N) is 1. The summed E-state index contributed by atoms with van der Waals surface area (Å²) < 4.78 is 9.48. The molecule has 0 unspecified atom stereocenters. The summed E-state index contributed by atoms with van der Waals surface area (Å²) in [5.41, 5.74) is 0.104. The van der Waals surface area contributed by atoms with E-state index < -0.39 is 5.91 Å². The number of methoxy groups -OCH3 is 1. The van der Waals surface area contributed by atoms with Crippen LogP contribution in [0.2, 0.25) is 0 Å². The van der Waals surface area contributed by atoms with Crippen molar-refractivity contribution in [3.05, 3.63) is 36.1 Å². The highest BCUT2D eigenvalue weighted by Gasteiger charge is 2.15. The van der Waals surface area contributed by atoms with Crippen LogP contribution in [0.5, 0.6) is 11.5 Å². The summed E-state index contributed by atoms with van der Waals surface area (Å²) >= 11 is 0. The first kappa shape index (κ1) is 11.0. The minimum Gasteiger partial charge on any atom is -0.504 e. The number of carbonyl (C=O) groups excluding carboxylic acids is 1. The van der Waals surface area contributed by atoms with E-state index >= 15 is 0 Å². The highest BCUT2D eigenvalue weighted by atomic mass is 16.5. The normalized spacial score (nSPS) is 9.94. The van der Waals surface area contributed by atoms with Crippen molar-refractivity contribution < 1.29 is 19.2 Å². The van der Waals surface area contributed by atoms with Crippen LogP contribution < -0.4 is 10.1 Å². The molecule has 0 aliphatic carbocycles. The Morgan fingerprint density at radius 3 is 2.94 bits per heavy atom. The van der Waals surface area contributed by atoms with Gasteiger partial charge in [0, 0.05) is 6.07 Å². The van der Waals surface area contributed by atoms with Crippen molar-refractivity contribution in [2.24, 2.45) is 0 Å². The molecular formula is C11H10N2O4. The Bertz CT molecular complexity index is 522. The van der Waals surface area contributed by atoms with E-state index in [0.29, 0.717) is 0 Å². The molecule has 0 fully saturated rings. The minimum absolute atomic E-state index is 0.104. The molecule has 1 heterocycles. The van der Waals surface area contributed by atoms with Crippen molar-refractivity contribution in [3.8, 4) is 11.5 Å². The number of amides is 1. The fourth-order valence-electron chi connectivity index (χ4n) is 1.33. The van der Waals surface area contributed by atoms with Gasteiger partial charge in [-0.05, 0) is 12.1 Å². The Labute approximate surface area is 96.8 Å². The Morgan fingerprint density at radius 1 is 1.47 bits per heavy atom. The molecular weight excluding hydrogens is 224 g/mol. The molecule has 0 atom stereocenters. The highest BCUT2D eigenvalue weighted by molar-refractivity contribution is 6.06. The van der Waals surface area contributed by atoms with Gasteiger partial charge in [0.25, 0.3) is 5.91 Å². The number of aromatic nitrogens is 1. The van der Waals surface area contributed by atoms with Crippen LogP contribution in [0.15, 0.2) is 35.1 Å². The maximum atomic E-state index is 11.8. The highest BCUT2D eigenvalue weighted by Crippen LogP contribution is 2.29. The fourth-order valence-corrected chi connectivity index (χ4v) is 1.33. The SMILES string of the molecule is COc1cccc(C(=O)Nc2ccon2)c1O. The number of hydrogen-bond donors (Lipinski definition) is 2. The Hall–Kier alpha value is -2.50. The monoisotopic (exact) mass is 234 g/mol. The van der Waals surface area contributed by atoms with Gasteiger partial charge in [0.1, 0.15) is 6.26 Å². The van der Waals surface area contributed by atoms with Crippen LogP contribution in [0.1, 0.15) is 10.4 Å². The van der Waals surface area contributed by atoms with E-state index in [-0.39, 0.29) is 22.9 Å². The molecule has 2 aromatic rings. The van der Waals surface area contributed by atoms with Crippen LogP contribution in [0, 0.1) is 0 Å². The maximum Gasteiger partial charge on any atom is 0.260 e.